The number of hydrogen-bond donors (Lipinski definition) is 5. The number of anilines is 1. The van der Waals surface area contributed by atoms with Gasteiger partial charge < -0.3 is 15.6 Å². The largest absolute Gasteiger partial charge is 0.363 e. The molecule has 0 radical (unpaired) electrons. The molecule has 2 heterocycles. The fraction of sp³-hybridized carbons (Fsp3) is 0.316. The van der Waals surface area contributed by atoms with Crippen LogP contribution < -0.4 is 10.6 Å². The van der Waals surface area contributed by atoms with E-state index in [1.54, 1.807) is 0 Å². The number of amidine groups is 1. The molecule has 0 saturated carbocycles. The van der Waals surface area contributed by atoms with Crippen molar-refractivity contribution in [3.8, 4) is 0 Å². The Morgan fingerprint density at radius 1 is 1.24 bits per heavy atom. The summed E-state index contributed by atoms with van der Waals surface area (Å²) in [6, 6.07) is 7.71. The summed E-state index contributed by atoms with van der Waals surface area (Å²) in [6.45, 7) is 0. The molecule has 152 valence electrons. The lowest BCUT2D eigenvalue weighted by Gasteiger charge is -2.08. The number of aromatic nitrogens is 3. The Kier molecular flexibility index (Phi) is 7.36. The smallest absolute Gasteiger partial charge is 0.230 e. The van der Waals surface area contributed by atoms with Crippen LogP contribution in [-0.2, 0) is 17.6 Å². The number of unbranched alkanes of at least 4 members (excludes halogenated alkanes) is 1. The fourth-order valence-electron chi connectivity index (χ4n) is 2.87. The highest BCUT2D eigenvalue weighted by Gasteiger charge is 2.11. The minimum absolute atomic E-state index is 0.0102. The molecule has 0 bridgehead atoms. The standard InChI is InChI=1S/C19H23N7OS2/c1-22-19-26-25-17(29-19)8-3-2-7-15(20)28-18(21)24-16(27)11-12-5-4-6-14-13(12)9-10-23-14/h4-6,9-10,20,23H,2-3,7-8,11H2,1H3,(H,22,26)(H2,21,24,27). The van der Waals surface area contributed by atoms with E-state index < -0.39 is 0 Å². The number of nitrogens with one attached hydrogen (secondary N) is 5. The summed E-state index contributed by atoms with van der Waals surface area (Å²) in [5.74, 6) is -0.249. The zero-order valence-electron chi connectivity index (χ0n) is 16.0. The number of nitrogens with zero attached hydrogens (tertiary/aromatic N) is 2. The first-order valence-corrected chi connectivity index (χ1v) is 10.9. The highest BCUT2D eigenvalue weighted by molar-refractivity contribution is 8.26. The molecule has 5 N–H and O–H groups in total. The van der Waals surface area contributed by atoms with Gasteiger partial charge in [0.1, 0.15) is 5.01 Å². The highest BCUT2D eigenvalue weighted by atomic mass is 32.2. The number of hydrogen-bond acceptors (Lipinski definition) is 8. The second-order valence-corrected chi connectivity index (χ2v) is 8.56. The van der Waals surface area contributed by atoms with Crippen molar-refractivity contribution in [1.82, 2.24) is 20.5 Å². The van der Waals surface area contributed by atoms with Crippen LogP contribution in [0.25, 0.3) is 10.9 Å². The Balaban J connectivity index is 1.36. The molecule has 1 amide bonds. The summed E-state index contributed by atoms with van der Waals surface area (Å²) in [5, 5.41) is 32.8. The average Bonchev–Trinajstić information content (AvgIpc) is 3.34. The number of rotatable bonds is 8. The van der Waals surface area contributed by atoms with E-state index in [0.717, 1.165) is 57.6 Å². The SMILES string of the molecule is CNc1nnc(CCCCC(=N)SC(=N)NC(=O)Cc2cccc3[nH]ccc23)s1. The van der Waals surface area contributed by atoms with Crippen molar-refractivity contribution in [3.05, 3.63) is 41.0 Å². The number of carbonyl (C=O) groups excluding carboxylic acids is 1. The predicted octanol–water partition coefficient (Wildman–Crippen LogP) is 3.78. The molecule has 0 aliphatic rings. The molecule has 0 unspecified atom stereocenters. The molecular weight excluding hydrogens is 406 g/mol. The van der Waals surface area contributed by atoms with Gasteiger partial charge in [0, 0.05) is 30.6 Å². The third kappa shape index (κ3) is 6.13. The molecule has 10 heteroatoms. The van der Waals surface area contributed by atoms with Gasteiger partial charge in [0.25, 0.3) is 0 Å². The Labute approximate surface area is 176 Å². The van der Waals surface area contributed by atoms with Crippen molar-refractivity contribution in [3.63, 3.8) is 0 Å². The number of benzene rings is 1. The van der Waals surface area contributed by atoms with Crippen molar-refractivity contribution >= 4 is 55.3 Å². The molecule has 0 fully saturated rings. The number of thioether (sulfide) groups is 1. The lowest BCUT2D eigenvalue weighted by atomic mass is 10.1. The number of aryl methyl sites for hydroxylation is 1. The van der Waals surface area contributed by atoms with Gasteiger partial charge in [-0.15, -0.1) is 10.2 Å². The van der Waals surface area contributed by atoms with Gasteiger partial charge in [0.2, 0.25) is 11.0 Å². The van der Waals surface area contributed by atoms with E-state index in [1.165, 1.54) is 11.3 Å². The molecule has 0 aliphatic heterocycles. The molecule has 2 aromatic heterocycles. The quantitative estimate of drug-likeness (QED) is 0.211. The molecule has 3 rings (SSSR count). The number of carbonyl (C=O) groups is 1. The molecule has 0 saturated heterocycles. The number of amides is 1. The van der Waals surface area contributed by atoms with Crippen LogP contribution in [0.4, 0.5) is 5.13 Å². The van der Waals surface area contributed by atoms with E-state index in [4.69, 9.17) is 10.8 Å². The van der Waals surface area contributed by atoms with Crippen molar-refractivity contribution < 1.29 is 4.79 Å². The third-order valence-electron chi connectivity index (χ3n) is 4.24. The van der Waals surface area contributed by atoms with Gasteiger partial charge in [-0.1, -0.05) is 23.5 Å². The molecule has 8 nitrogen and oxygen atoms in total. The van der Waals surface area contributed by atoms with Gasteiger partial charge in [-0.25, -0.2) is 0 Å². The Morgan fingerprint density at radius 3 is 2.90 bits per heavy atom. The van der Waals surface area contributed by atoms with Crippen molar-refractivity contribution in [2.75, 3.05) is 12.4 Å². The third-order valence-corrected chi connectivity index (χ3v) is 6.00. The first-order valence-electron chi connectivity index (χ1n) is 9.24. The first-order chi connectivity index (χ1) is 14.0. The summed E-state index contributed by atoms with van der Waals surface area (Å²) in [6.07, 6.45) is 5.18. The second-order valence-electron chi connectivity index (χ2n) is 6.39. The summed E-state index contributed by atoms with van der Waals surface area (Å²) in [5.41, 5.74) is 1.89. The van der Waals surface area contributed by atoms with Crippen LogP contribution in [0, 0.1) is 10.8 Å². The van der Waals surface area contributed by atoms with Gasteiger partial charge in [0.05, 0.1) is 11.5 Å². The van der Waals surface area contributed by atoms with Crippen LogP contribution in [0.3, 0.4) is 0 Å². The molecule has 0 spiro atoms. The highest BCUT2D eigenvalue weighted by Crippen LogP contribution is 2.19. The Hall–Kier alpha value is -2.72. The van der Waals surface area contributed by atoms with Crippen LogP contribution >= 0.6 is 23.1 Å². The maximum absolute atomic E-state index is 12.3. The van der Waals surface area contributed by atoms with Gasteiger partial charge >= 0.3 is 0 Å². The molecular formula is C19H23N7OS2. The molecule has 3 aromatic rings. The maximum Gasteiger partial charge on any atom is 0.230 e. The van der Waals surface area contributed by atoms with Crippen LogP contribution in [0.1, 0.15) is 29.8 Å². The van der Waals surface area contributed by atoms with E-state index in [9.17, 15) is 4.79 Å². The molecule has 1 aromatic carbocycles. The van der Waals surface area contributed by atoms with Crippen molar-refractivity contribution in [2.45, 2.75) is 32.1 Å². The molecule has 29 heavy (non-hydrogen) atoms. The maximum atomic E-state index is 12.3. The minimum atomic E-state index is -0.249. The van der Waals surface area contributed by atoms with Crippen LogP contribution in [0.15, 0.2) is 30.5 Å². The summed E-state index contributed by atoms with van der Waals surface area (Å²) >= 11 is 2.53. The van der Waals surface area contributed by atoms with E-state index in [0.29, 0.717) is 11.5 Å². The van der Waals surface area contributed by atoms with Gasteiger partial charge in [0.15, 0.2) is 5.17 Å². The van der Waals surface area contributed by atoms with Crippen LogP contribution in [0.2, 0.25) is 0 Å². The topological polar surface area (TPSA) is 130 Å². The minimum Gasteiger partial charge on any atom is -0.363 e. The Bertz CT molecular complexity index is 1010. The number of H-pyrrole nitrogens is 1. The fourth-order valence-corrected chi connectivity index (χ4v) is 4.26. The van der Waals surface area contributed by atoms with Gasteiger partial charge in [-0.2, -0.15) is 0 Å². The summed E-state index contributed by atoms with van der Waals surface area (Å²) in [7, 11) is 1.82. The van der Waals surface area contributed by atoms with E-state index in [1.807, 2.05) is 37.5 Å². The zero-order chi connectivity index (χ0) is 20.6. The normalized spacial score (nSPS) is 10.8. The van der Waals surface area contributed by atoms with Gasteiger partial charge in [-0.3, -0.25) is 15.6 Å². The molecule has 0 atom stereocenters. The van der Waals surface area contributed by atoms with Crippen molar-refractivity contribution in [2.24, 2.45) is 0 Å². The van der Waals surface area contributed by atoms with Crippen molar-refractivity contribution in [1.29, 1.82) is 10.8 Å². The molecule has 0 aliphatic carbocycles. The van der Waals surface area contributed by atoms with E-state index >= 15 is 0 Å². The zero-order valence-corrected chi connectivity index (χ0v) is 17.7. The second kappa shape index (κ2) is 10.2. The van der Waals surface area contributed by atoms with E-state index in [2.05, 4.69) is 25.8 Å². The van der Waals surface area contributed by atoms with Crippen LogP contribution in [0.5, 0.6) is 0 Å². The number of aromatic amines is 1. The van der Waals surface area contributed by atoms with E-state index in [-0.39, 0.29) is 17.5 Å². The first kappa shape index (κ1) is 21.0. The lowest BCUT2D eigenvalue weighted by Crippen LogP contribution is -2.29. The lowest BCUT2D eigenvalue weighted by molar-refractivity contribution is -0.118. The predicted molar refractivity (Wildman–Crippen MR) is 120 cm³/mol. The van der Waals surface area contributed by atoms with Crippen LogP contribution in [-0.4, -0.2) is 38.3 Å². The number of fused-ring (bicyclic) bond motifs is 1. The Morgan fingerprint density at radius 2 is 2.10 bits per heavy atom. The van der Waals surface area contributed by atoms with Gasteiger partial charge in [-0.05, 0) is 48.7 Å². The monoisotopic (exact) mass is 429 g/mol. The summed E-state index contributed by atoms with van der Waals surface area (Å²) < 4.78 is 0. The average molecular weight is 430 g/mol. The summed E-state index contributed by atoms with van der Waals surface area (Å²) in [4.78, 5) is 15.4.